The minimum Gasteiger partial charge on any atom is -0.480 e. The largest absolute Gasteiger partial charge is 0.480 e. The third-order valence-corrected chi connectivity index (χ3v) is 6.37. The molecular weight excluding hydrogens is 488 g/mol. The van der Waals surface area contributed by atoms with Crippen molar-refractivity contribution in [2.75, 3.05) is 0 Å². The Morgan fingerprint density at radius 1 is 0.895 bits per heavy atom. The van der Waals surface area contributed by atoms with Gasteiger partial charge in [-0.25, -0.2) is 10.2 Å². The predicted molar refractivity (Wildman–Crippen MR) is 146 cm³/mol. The van der Waals surface area contributed by atoms with E-state index in [1.165, 1.54) is 6.92 Å². The standard InChI is InChI=1S/C28H46N4O6/c1-6-7-9-12-19(4)24(33)17-25(34)32-31-22(16-21-13-10-8-11-14-21)27(36)29-20(5)26(35)30-23(28(37)38)15-18(2)3/h8,10-11,13-14,18-20,22-24,31,33H,6-7,9,12,15-17H2,1-5H3,(H,29,36)(H,30,35)(H,32,34)(H,37,38)/t19?,20-,22-,23-,24?/m0/s1. The van der Waals surface area contributed by atoms with Gasteiger partial charge in [0, 0.05) is 0 Å². The molecule has 1 aromatic rings. The number of unbranched alkanes of at least 4 members (excludes halogenated alkanes) is 2. The van der Waals surface area contributed by atoms with E-state index in [4.69, 9.17) is 0 Å². The molecule has 1 rings (SSSR count). The molecule has 38 heavy (non-hydrogen) atoms. The molecule has 0 saturated heterocycles. The second-order valence-corrected chi connectivity index (χ2v) is 10.4. The number of nitrogens with one attached hydrogen (secondary N) is 4. The number of aliphatic hydroxyl groups is 1. The van der Waals surface area contributed by atoms with Crippen LogP contribution in [-0.4, -0.2) is 58.1 Å². The minimum absolute atomic E-state index is 0.0274. The van der Waals surface area contributed by atoms with Crippen molar-refractivity contribution in [3.63, 3.8) is 0 Å². The van der Waals surface area contributed by atoms with Crippen molar-refractivity contribution in [1.82, 2.24) is 21.5 Å². The van der Waals surface area contributed by atoms with Crippen LogP contribution in [0.15, 0.2) is 30.3 Å². The van der Waals surface area contributed by atoms with Crippen molar-refractivity contribution < 1.29 is 29.4 Å². The van der Waals surface area contributed by atoms with E-state index in [9.17, 15) is 29.4 Å². The second kappa shape index (κ2) is 17.5. The lowest BCUT2D eigenvalue weighted by molar-refractivity contribution is -0.142. The van der Waals surface area contributed by atoms with Crippen LogP contribution in [0.1, 0.15) is 78.7 Å². The zero-order chi connectivity index (χ0) is 28.7. The van der Waals surface area contributed by atoms with Crippen LogP contribution in [0.2, 0.25) is 0 Å². The number of hydrogen-bond acceptors (Lipinski definition) is 6. The van der Waals surface area contributed by atoms with Gasteiger partial charge >= 0.3 is 5.97 Å². The number of hydrazine groups is 1. The molecule has 0 bridgehead atoms. The molecular formula is C28H46N4O6. The van der Waals surface area contributed by atoms with Gasteiger partial charge in [-0.3, -0.25) is 19.8 Å². The van der Waals surface area contributed by atoms with E-state index in [0.29, 0.717) is 0 Å². The SMILES string of the molecule is CCCCCC(C)C(O)CC(=O)NN[C@@H](Cc1ccccc1)C(=O)N[C@@H](C)C(=O)N[C@@H](CC(C)C)C(=O)O. The highest BCUT2D eigenvalue weighted by molar-refractivity contribution is 5.91. The van der Waals surface area contributed by atoms with E-state index in [0.717, 1.165) is 31.2 Å². The molecule has 0 fully saturated rings. The van der Waals surface area contributed by atoms with Gasteiger partial charge in [-0.1, -0.05) is 77.3 Å². The summed E-state index contributed by atoms with van der Waals surface area (Å²) in [5.74, 6) is -2.72. The average Bonchev–Trinajstić information content (AvgIpc) is 2.86. The maximum atomic E-state index is 13.1. The van der Waals surface area contributed by atoms with Crippen molar-refractivity contribution in [2.24, 2.45) is 11.8 Å². The number of carbonyl (C=O) groups excluding carboxylic acids is 3. The Balaban J connectivity index is 2.78. The quantitative estimate of drug-likeness (QED) is 0.125. The first-order valence-corrected chi connectivity index (χ1v) is 13.5. The van der Waals surface area contributed by atoms with Gasteiger partial charge in [-0.05, 0) is 43.6 Å². The van der Waals surface area contributed by atoms with Crippen molar-refractivity contribution >= 4 is 23.7 Å². The summed E-state index contributed by atoms with van der Waals surface area (Å²) in [5.41, 5.74) is 6.10. The molecule has 0 heterocycles. The predicted octanol–water partition coefficient (Wildman–Crippen LogP) is 2.31. The van der Waals surface area contributed by atoms with Gasteiger partial charge in [-0.15, -0.1) is 0 Å². The number of carboxylic acid groups (broad SMARTS) is 1. The van der Waals surface area contributed by atoms with Crippen LogP contribution in [0, 0.1) is 11.8 Å². The number of hydrogen-bond donors (Lipinski definition) is 6. The maximum absolute atomic E-state index is 13.1. The lowest BCUT2D eigenvalue weighted by Crippen LogP contribution is -2.57. The summed E-state index contributed by atoms with van der Waals surface area (Å²) in [6.07, 6.45) is 3.55. The third kappa shape index (κ3) is 13.0. The monoisotopic (exact) mass is 534 g/mol. The molecule has 0 aliphatic rings. The van der Waals surface area contributed by atoms with Crippen LogP contribution in [0.5, 0.6) is 0 Å². The average molecular weight is 535 g/mol. The zero-order valence-corrected chi connectivity index (χ0v) is 23.3. The Labute approximate surface area is 226 Å². The zero-order valence-electron chi connectivity index (χ0n) is 23.3. The third-order valence-electron chi connectivity index (χ3n) is 6.37. The van der Waals surface area contributed by atoms with Crippen molar-refractivity contribution in [3.05, 3.63) is 35.9 Å². The lowest BCUT2D eigenvalue weighted by Gasteiger charge is -2.24. The molecule has 0 saturated carbocycles. The van der Waals surface area contributed by atoms with E-state index >= 15 is 0 Å². The van der Waals surface area contributed by atoms with Crippen LogP contribution >= 0.6 is 0 Å². The Morgan fingerprint density at radius 3 is 2.13 bits per heavy atom. The van der Waals surface area contributed by atoms with Gasteiger partial charge in [0.2, 0.25) is 17.7 Å². The van der Waals surface area contributed by atoms with Gasteiger partial charge < -0.3 is 20.8 Å². The van der Waals surface area contributed by atoms with Gasteiger partial charge in [0.05, 0.1) is 12.5 Å². The summed E-state index contributed by atoms with van der Waals surface area (Å²) < 4.78 is 0. The first-order valence-electron chi connectivity index (χ1n) is 13.5. The molecule has 6 N–H and O–H groups in total. The van der Waals surface area contributed by atoms with Crippen molar-refractivity contribution in [2.45, 2.75) is 104 Å². The molecule has 0 aliphatic heterocycles. The van der Waals surface area contributed by atoms with Crippen LogP contribution in [0.4, 0.5) is 0 Å². The minimum atomic E-state index is -1.14. The molecule has 10 heteroatoms. The highest BCUT2D eigenvalue weighted by Gasteiger charge is 2.27. The molecule has 0 spiro atoms. The number of carboxylic acids is 1. The van der Waals surface area contributed by atoms with Gasteiger partial charge in [-0.2, -0.15) is 0 Å². The summed E-state index contributed by atoms with van der Waals surface area (Å²) >= 11 is 0. The fourth-order valence-corrected chi connectivity index (χ4v) is 3.95. The molecule has 1 aromatic carbocycles. The highest BCUT2D eigenvalue weighted by atomic mass is 16.4. The van der Waals surface area contributed by atoms with Crippen molar-refractivity contribution in [3.8, 4) is 0 Å². The Morgan fingerprint density at radius 2 is 1.55 bits per heavy atom. The summed E-state index contributed by atoms with van der Waals surface area (Å²) in [5, 5.41) is 24.9. The van der Waals surface area contributed by atoms with Gasteiger partial charge in [0.15, 0.2) is 0 Å². The molecule has 0 aromatic heterocycles. The normalized spacial score (nSPS) is 15.1. The fourth-order valence-electron chi connectivity index (χ4n) is 3.95. The van der Waals surface area contributed by atoms with Crippen LogP contribution < -0.4 is 21.5 Å². The molecule has 10 nitrogen and oxygen atoms in total. The number of carbonyl (C=O) groups is 4. The maximum Gasteiger partial charge on any atom is 0.326 e. The number of aliphatic hydroxyl groups excluding tert-OH is 1. The van der Waals surface area contributed by atoms with Crippen LogP contribution in [-0.2, 0) is 25.6 Å². The molecule has 5 atom stereocenters. The molecule has 3 amide bonds. The molecule has 0 radical (unpaired) electrons. The number of benzene rings is 1. The van der Waals surface area contributed by atoms with Crippen LogP contribution in [0.25, 0.3) is 0 Å². The topological polar surface area (TPSA) is 157 Å². The Kier molecular flexibility index (Phi) is 15.2. The van der Waals surface area contributed by atoms with Gasteiger partial charge in [0.25, 0.3) is 0 Å². The summed E-state index contributed by atoms with van der Waals surface area (Å²) in [6.45, 7) is 9.20. The summed E-state index contributed by atoms with van der Waals surface area (Å²) in [4.78, 5) is 49.6. The van der Waals surface area contributed by atoms with E-state index < -0.39 is 47.9 Å². The second-order valence-electron chi connectivity index (χ2n) is 10.4. The number of rotatable bonds is 18. The first-order chi connectivity index (χ1) is 17.9. The summed E-state index contributed by atoms with van der Waals surface area (Å²) in [6, 6.07) is 6.20. The first kappa shape index (κ1) is 33.0. The lowest BCUT2D eigenvalue weighted by atomic mass is 9.95. The summed E-state index contributed by atoms with van der Waals surface area (Å²) in [7, 11) is 0. The van der Waals surface area contributed by atoms with E-state index in [2.05, 4.69) is 28.4 Å². The van der Waals surface area contributed by atoms with E-state index in [-0.39, 0.29) is 31.1 Å². The fraction of sp³-hybridized carbons (Fsp3) is 0.643. The van der Waals surface area contributed by atoms with E-state index in [1.807, 2.05) is 51.1 Å². The molecule has 0 aliphatic carbocycles. The molecule has 2 unspecified atom stereocenters. The van der Waals surface area contributed by atoms with Gasteiger partial charge in [0.1, 0.15) is 18.1 Å². The number of amides is 3. The van der Waals surface area contributed by atoms with E-state index in [1.54, 1.807) is 0 Å². The van der Waals surface area contributed by atoms with Crippen molar-refractivity contribution in [1.29, 1.82) is 0 Å². The molecule has 214 valence electrons. The Hall–Kier alpha value is -2.98. The Bertz CT molecular complexity index is 879. The van der Waals surface area contributed by atoms with Crippen LogP contribution in [0.3, 0.4) is 0 Å². The smallest absolute Gasteiger partial charge is 0.326 e. The highest BCUT2D eigenvalue weighted by Crippen LogP contribution is 2.15. The number of aliphatic carboxylic acids is 1.